The van der Waals surface area contributed by atoms with Crippen molar-refractivity contribution < 1.29 is 9.47 Å². The topological polar surface area (TPSA) is 76.5 Å². The van der Waals surface area contributed by atoms with E-state index in [4.69, 9.17) is 9.47 Å². The first-order chi connectivity index (χ1) is 10.8. The van der Waals surface area contributed by atoms with Gasteiger partial charge in [-0.05, 0) is 0 Å². The minimum Gasteiger partial charge on any atom is -0.494 e. The number of methoxy groups -OCH3 is 2. The number of aromatic nitrogens is 4. The standard InChI is InChI=1S/C14H18N6O2/c1-21-11-7-15-13(16-8-11)19-3-5-20(6-4-19)14-17-9-12(22-2)10-18-14/h7-10H,3-6H2,1-2H3. The molecular weight excluding hydrogens is 284 g/mol. The van der Waals surface area contributed by atoms with Gasteiger partial charge < -0.3 is 19.3 Å². The summed E-state index contributed by atoms with van der Waals surface area (Å²) in [4.78, 5) is 21.5. The maximum Gasteiger partial charge on any atom is 0.225 e. The highest BCUT2D eigenvalue weighted by molar-refractivity contribution is 5.38. The Kier molecular flexibility index (Phi) is 4.17. The molecule has 3 heterocycles. The Morgan fingerprint density at radius 1 is 0.682 bits per heavy atom. The Labute approximate surface area is 128 Å². The van der Waals surface area contributed by atoms with Crippen molar-refractivity contribution in [2.24, 2.45) is 0 Å². The van der Waals surface area contributed by atoms with E-state index in [1.54, 1.807) is 39.0 Å². The van der Waals surface area contributed by atoms with E-state index in [2.05, 4.69) is 29.7 Å². The van der Waals surface area contributed by atoms with E-state index in [9.17, 15) is 0 Å². The zero-order valence-corrected chi connectivity index (χ0v) is 12.6. The molecule has 8 heteroatoms. The predicted octanol–water partition coefficient (Wildman–Crippen LogP) is 0.610. The Morgan fingerprint density at radius 2 is 1.00 bits per heavy atom. The van der Waals surface area contributed by atoms with Gasteiger partial charge in [-0.15, -0.1) is 0 Å². The SMILES string of the molecule is COc1cnc(N2CCN(c3ncc(OC)cn3)CC2)nc1. The fourth-order valence-corrected chi connectivity index (χ4v) is 2.26. The second-order valence-corrected chi connectivity index (χ2v) is 4.82. The third-order valence-electron chi connectivity index (χ3n) is 3.55. The molecule has 0 aliphatic carbocycles. The second-order valence-electron chi connectivity index (χ2n) is 4.82. The number of nitrogens with zero attached hydrogens (tertiary/aromatic N) is 6. The van der Waals surface area contributed by atoms with Crippen molar-refractivity contribution >= 4 is 11.9 Å². The highest BCUT2D eigenvalue weighted by Gasteiger charge is 2.20. The molecule has 0 aromatic carbocycles. The normalized spacial score (nSPS) is 14.8. The van der Waals surface area contributed by atoms with E-state index in [0.29, 0.717) is 11.5 Å². The van der Waals surface area contributed by atoms with Crippen LogP contribution in [0, 0.1) is 0 Å². The Bertz CT molecular complexity index is 540. The van der Waals surface area contributed by atoms with Crippen LogP contribution in [0.5, 0.6) is 11.5 Å². The molecule has 0 radical (unpaired) electrons. The first-order valence-corrected chi connectivity index (χ1v) is 7.02. The minimum absolute atomic E-state index is 0.661. The summed E-state index contributed by atoms with van der Waals surface area (Å²) in [6, 6.07) is 0. The van der Waals surface area contributed by atoms with Gasteiger partial charge in [-0.1, -0.05) is 0 Å². The van der Waals surface area contributed by atoms with Crippen LogP contribution in [0.1, 0.15) is 0 Å². The molecule has 1 aliphatic rings. The fourth-order valence-electron chi connectivity index (χ4n) is 2.26. The van der Waals surface area contributed by atoms with Gasteiger partial charge >= 0.3 is 0 Å². The summed E-state index contributed by atoms with van der Waals surface area (Å²) >= 11 is 0. The van der Waals surface area contributed by atoms with Gasteiger partial charge in [0.05, 0.1) is 39.0 Å². The summed E-state index contributed by atoms with van der Waals surface area (Å²) in [7, 11) is 3.21. The van der Waals surface area contributed by atoms with E-state index in [-0.39, 0.29) is 0 Å². The molecular formula is C14H18N6O2. The van der Waals surface area contributed by atoms with Crippen LogP contribution in [-0.2, 0) is 0 Å². The summed E-state index contributed by atoms with van der Waals surface area (Å²) in [5.41, 5.74) is 0. The summed E-state index contributed by atoms with van der Waals surface area (Å²) < 4.78 is 10.1. The van der Waals surface area contributed by atoms with Crippen molar-refractivity contribution in [1.29, 1.82) is 0 Å². The Morgan fingerprint density at radius 3 is 1.27 bits per heavy atom. The van der Waals surface area contributed by atoms with Crippen LogP contribution >= 0.6 is 0 Å². The van der Waals surface area contributed by atoms with Gasteiger partial charge in [0.1, 0.15) is 0 Å². The summed E-state index contributed by atoms with van der Waals surface area (Å²) in [6.07, 6.45) is 6.73. The number of ether oxygens (including phenoxy) is 2. The van der Waals surface area contributed by atoms with E-state index in [0.717, 1.165) is 38.1 Å². The molecule has 0 bridgehead atoms. The Hall–Kier alpha value is -2.64. The molecule has 2 aromatic rings. The van der Waals surface area contributed by atoms with Gasteiger partial charge in [-0.2, -0.15) is 0 Å². The predicted molar refractivity (Wildman–Crippen MR) is 81.6 cm³/mol. The monoisotopic (exact) mass is 302 g/mol. The maximum atomic E-state index is 5.07. The highest BCUT2D eigenvalue weighted by atomic mass is 16.5. The average Bonchev–Trinajstić information content (AvgIpc) is 2.62. The first-order valence-electron chi connectivity index (χ1n) is 7.02. The molecule has 0 unspecified atom stereocenters. The van der Waals surface area contributed by atoms with Crippen molar-refractivity contribution in [3.8, 4) is 11.5 Å². The molecule has 8 nitrogen and oxygen atoms in total. The lowest BCUT2D eigenvalue weighted by molar-refractivity contribution is 0.410. The van der Waals surface area contributed by atoms with Crippen LogP contribution in [0.3, 0.4) is 0 Å². The third kappa shape index (κ3) is 3.00. The van der Waals surface area contributed by atoms with Gasteiger partial charge in [0.2, 0.25) is 11.9 Å². The zero-order valence-electron chi connectivity index (χ0n) is 12.6. The van der Waals surface area contributed by atoms with Crippen LogP contribution in [0.15, 0.2) is 24.8 Å². The molecule has 1 saturated heterocycles. The number of rotatable bonds is 4. The van der Waals surface area contributed by atoms with E-state index < -0.39 is 0 Å². The molecule has 3 rings (SSSR count). The third-order valence-corrected chi connectivity index (χ3v) is 3.55. The van der Waals surface area contributed by atoms with Gasteiger partial charge in [-0.25, -0.2) is 19.9 Å². The van der Waals surface area contributed by atoms with Crippen LogP contribution in [0.25, 0.3) is 0 Å². The van der Waals surface area contributed by atoms with Crippen molar-refractivity contribution in [2.45, 2.75) is 0 Å². The maximum absolute atomic E-state index is 5.07. The smallest absolute Gasteiger partial charge is 0.225 e. The molecule has 1 aliphatic heterocycles. The molecule has 2 aromatic heterocycles. The molecule has 0 saturated carbocycles. The highest BCUT2D eigenvalue weighted by Crippen LogP contribution is 2.17. The Balaban J connectivity index is 1.61. The average molecular weight is 302 g/mol. The molecule has 0 atom stereocenters. The second kappa shape index (κ2) is 6.42. The summed E-state index contributed by atoms with van der Waals surface area (Å²) in [5.74, 6) is 2.76. The quantitative estimate of drug-likeness (QED) is 0.813. The van der Waals surface area contributed by atoms with Crippen LogP contribution < -0.4 is 19.3 Å². The number of anilines is 2. The molecule has 22 heavy (non-hydrogen) atoms. The molecule has 0 amide bonds. The minimum atomic E-state index is 0.661. The van der Waals surface area contributed by atoms with Gasteiger partial charge in [0.25, 0.3) is 0 Å². The van der Waals surface area contributed by atoms with Crippen LogP contribution in [-0.4, -0.2) is 60.3 Å². The van der Waals surface area contributed by atoms with Gasteiger partial charge in [0.15, 0.2) is 11.5 Å². The van der Waals surface area contributed by atoms with Crippen LogP contribution in [0.4, 0.5) is 11.9 Å². The van der Waals surface area contributed by atoms with Crippen molar-refractivity contribution in [3.63, 3.8) is 0 Å². The number of piperazine rings is 1. The van der Waals surface area contributed by atoms with Gasteiger partial charge in [0, 0.05) is 26.2 Å². The fraction of sp³-hybridized carbons (Fsp3) is 0.429. The van der Waals surface area contributed by atoms with E-state index in [1.807, 2.05) is 0 Å². The van der Waals surface area contributed by atoms with Crippen molar-refractivity contribution in [3.05, 3.63) is 24.8 Å². The molecule has 1 fully saturated rings. The zero-order chi connectivity index (χ0) is 15.4. The number of hydrogen-bond acceptors (Lipinski definition) is 8. The largest absolute Gasteiger partial charge is 0.494 e. The van der Waals surface area contributed by atoms with Crippen molar-refractivity contribution in [1.82, 2.24) is 19.9 Å². The lowest BCUT2D eigenvalue weighted by atomic mass is 10.3. The van der Waals surface area contributed by atoms with E-state index >= 15 is 0 Å². The lowest BCUT2D eigenvalue weighted by Gasteiger charge is -2.34. The van der Waals surface area contributed by atoms with E-state index in [1.165, 1.54) is 0 Å². The lowest BCUT2D eigenvalue weighted by Crippen LogP contribution is -2.47. The van der Waals surface area contributed by atoms with Gasteiger partial charge in [-0.3, -0.25) is 0 Å². The summed E-state index contributed by atoms with van der Waals surface area (Å²) in [5, 5.41) is 0. The number of hydrogen-bond donors (Lipinski definition) is 0. The molecule has 0 spiro atoms. The van der Waals surface area contributed by atoms with Crippen molar-refractivity contribution in [2.75, 3.05) is 50.2 Å². The molecule has 0 N–H and O–H groups in total. The van der Waals surface area contributed by atoms with Crippen LogP contribution in [0.2, 0.25) is 0 Å². The summed E-state index contributed by atoms with van der Waals surface area (Å²) in [6.45, 7) is 3.28. The first kappa shape index (κ1) is 14.3. The molecule has 116 valence electrons.